The van der Waals surface area contributed by atoms with Gasteiger partial charge in [-0.1, -0.05) is 42.5 Å². The van der Waals surface area contributed by atoms with Gasteiger partial charge >= 0.3 is 0 Å². The number of rotatable bonds is 6. The maximum absolute atomic E-state index is 12.9. The zero-order chi connectivity index (χ0) is 22.6. The normalized spacial score (nSPS) is 18.2. The fourth-order valence-corrected chi connectivity index (χ4v) is 5.19. The van der Waals surface area contributed by atoms with Gasteiger partial charge in [0.25, 0.3) is 5.56 Å². The Morgan fingerprint density at radius 2 is 1.73 bits per heavy atom. The molecule has 0 fully saturated rings. The molecule has 3 aromatic rings. The Bertz CT molecular complexity index is 1160. The molecule has 6 heteroatoms. The lowest BCUT2D eigenvalue weighted by Gasteiger charge is -2.28. The molecule has 1 unspecified atom stereocenters. The molecule has 1 amide bonds. The minimum absolute atomic E-state index is 0.0142. The number of aromatic amines is 1. The number of aromatic nitrogens is 2. The number of nitrogens with one attached hydrogen (secondary N) is 2. The minimum Gasteiger partial charge on any atom is -0.356 e. The van der Waals surface area contributed by atoms with Gasteiger partial charge < -0.3 is 5.32 Å². The molecule has 1 aliphatic heterocycles. The highest BCUT2D eigenvalue weighted by molar-refractivity contribution is 5.78. The van der Waals surface area contributed by atoms with Gasteiger partial charge in [0.15, 0.2) is 0 Å². The third-order valence-electron chi connectivity index (χ3n) is 7.10. The number of benzene rings is 2. The molecule has 2 aliphatic rings. The molecule has 0 saturated carbocycles. The minimum atomic E-state index is -0.0303. The average molecular weight is 445 g/mol. The van der Waals surface area contributed by atoms with Crippen molar-refractivity contribution < 1.29 is 4.79 Å². The molecule has 0 spiro atoms. The summed E-state index contributed by atoms with van der Waals surface area (Å²) in [5, 5.41) is 6.43. The van der Waals surface area contributed by atoms with E-state index in [-0.39, 0.29) is 17.4 Å². The first kappa shape index (κ1) is 21.7. The van der Waals surface area contributed by atoms with E-state index in [4.69, 9.17) is 0 Å². The summed E-state index contributed by atoms with van der Waals surface area (Å²) in [7, 11) is 0. The van der Waals surface area contributed by atoms with Gasteiger partial charge in [-0.2, -0.15) is 0 Å². The summed E-state index contributed by atoms with van der Waals surface area (Å²) in [6.45, 7) is 3.80. The van der Waals surface area contributed by atoms with Crippen molar-refractivity contribution in [3.63, 3.8) is 0 Å². The first-order chi connectivity index (χ1) is 16.2. The van der Waals surface area contributed by atoms with E-state index in [1.165, 1.54) is 11.1 Å². The van der Waals surface area contributed by atoms with Crippen LogP contribution < -0.4 is 10.9 Å². The Morgan fingerprint density at radius 1 is 0.970 bits per heavy atom. The second-order valence-corrected chi connectivity index (χ2v) is 9.26. The van der Waals surface area contributed by atoms with Crippen LogP contribution in [0.1, 0.15) is 41.6 Å². The molecule has 1 atom stereocenters. The molecule has 0 bridgehead atoms. The third-order valence-corrected chi connectivity index (χ3v) is 7.10. The SMILES string of the molecule is O=C(NCCCN1CCc2ccccc2C1)C1CCc2[nH]n(-c3ccccc3)c(=O)c2CC1. The number of para-hydroxylation sites is 1. The molecule has 0 radical (unpaired) electrons. The third kappa shape index (κ3) is 4.81. The molecule has 2 aromatic carbocycles. The van der Waals surface area contributed by atoms with Gasteiger partial charge in [0.2, 0.25) is 5.91 Å². The second kappa shape index (κ2) is 9.79. The average Bonchev–Trinajstić information content (AvgIpc) is 3.02. The van der Waals surface area contributed by atoms with Crippen molar-refractivity contribution in [3.8, 4) is 5.69 Å². The van der Waals surface area contributed by atoms with Gasteiger partial charge in [0, 0.05) is 43.4 Å². The summed E-state index contributed by atoms with van der Waals surface area (Å²) in [5.74, 6) is 0.102. The highest BCUT2D eigenvalue weighted by Crippen LogP contribution is 2.23. The van der Waals surface area contributed by atoms with Crippen LogP contribution in [0.15, 0.2) is 59.4 Å². The molecule has 6 nitrogen and oxygen atoms in total. The molecule has 33 heavy (non-hydrogen) atoms. The van der Waals surface area contributed by atoms with E-state index < -0.39 is 0 Å². The zero-order valence-electron chi connectivity index (χ0n) is 19.1. The Balaban J connectivity index is 1.09. The summed E-state index contributed by atoms with van der Waals surface area (Å²) >= 11 is 0. The molecule has 1 aliphatic carbocycles. The number of carbonyl (C=O) groups is 1. The summed E-state index contributed by atoms with van der Waals surface area (Å²) in [6.07, 6.45) is 4.95. The van der Waals surface area contributed by atoms with Gasteiger partial charge in [-0.15, -0.1) is 0 Å². The predicted octanol–water partition coefficient (Wildman–Crippen LogP) is 3.23. The van der Waals surface area contributed by atoms with Crippen LogP contribution in [0.2, 0.25) is 0 Å². The molecule has 172 valence electrons. The number of nitrogens with zero attached hydrogens (tertiary/aromatic N) is 2. The lowest BCUT2D eigenvalue weighted by atomic mass is 9.98. The maximum Gasteiger partial charge on any atom is 0.274 e. The van der Waals surface area contributed by atoms with Crippen LogP contribution in [0.5, 0.6) is 0 Å². The molecule has 0 saturated heterocycles. The molecular formula is C27H32N4O2. The van der Waals surface area contributed by atoms with Crippen molar-refractivity contribution in [3.05, 3.63) is 87.3 Å². The van der Waals surface area contributed by atoms with E-state index in [2.05, 4.69) is 39.6 Å². The number of hydrogen-bond acceptors (Lipinski definition) is 3. The molecule has 5 rings (SSSR count). The summed E-state index contributed by atoms with van der Waals surface area (Å²) in [4.78, 5) is 28.2. The van der Waals surface area contributed by atoms with Crippen LogP contribution in [-0.2, 0) is 30.6 Å². The zero-order valence-corrected chi connectivity index (χ0v) is 19.1. The van der Waals surface area contributed by atoms with E-state index in [1.807, 2.05) is 30.3 Å². The maximum atomic E-state index is 12.9. The highest BCUT2D eigenvalue weighted by Gasteiger charge is 2.26. The van der Waals surface area contributed by atoms with Crippen molar-refractivity contribution in [2.45, 2.75) is 45.1 Å². The van der Waals surface area contributed by atoms with Crippen molar-refractivity contribution in [2.24, 2.45) is 5.92 Å². The summed E-state index contributed by atoms with van der Waals surface area (Å²) < 4.78 is 1.63. The van der Waals surface area contributed by atoms with Crippen molar-refractivity contribution in [1.29, 1.82) is 0 Å². The predicted molar refractivity (Wildman–Crippen MR) is 130 cm³/mol. The Hall–Kier alpha value is -3.12. The van der Waals surface area contributed by atoms with Crippen LogP contribution in [0.25, 0.3) is 5.69 Å². The standard InChI is InChI=1S/C27H32N4O2/c32-26(28-16-6-17-30-18-15-20-7-4-5-8-22(20)19-30)21-11-13-24-25(14-12-21)29-31(27(24)33)23-9-2-1-3-10-23/h1-5,7-10,21,29H,6,11-19H2,(H,28,32). The van der Waals surface area contributed by atoms with E-state index in [0.717, 1.165) is 68.7 Å². The van der Waals surface area contributed by atoms with Crippen LogP contribution >= 0.6 is 0 Å². The van der Waals surface area contributed by atoms with Crippen LogP contribution in [-0.4, -0.2) is 40.2 Å². The quantitative estimate of drug-likeness (QED) is 0.453. The monoisotopic (exact) mass is 444 g/mol. The van der Waals surface area contributed by atoms with Gasteiger partial charge in [-0.3, -0.25) is 19.6 Å². The van der Waals surface area contributed by atoms with Gasteiger partial charge in [-0.25, -0.2) is 4.68 Å². The van der Waals surface area contributed by atoms with Crippen molar-refractivity contribution in [2.75, 3.05) is 19.6 Å². The topological polar surface area (TPSA) is 70.1 Å². The lowest BCUT2D eigenvalue weighted by molar-refractivity contribution is -0.125. The van der Waals surface area contributed by atoms with Crippen molar-refractivity contribution >= 4 is 5.91 Å². The summed E-state index contributed by atoms with van der Waals surface area (Å²) in [5.41, 5.74) is 5.57. The number of fused-ring (bicyclic) bond motifs is 2. The largest absolute Gasteiger partial charge is 0.356 e. The molecule has 2 heterocycles. The Kier molecular flexibility index (Phi) is 6.44. The molecule has 1 aromatic heterocycles. The van der Waals surface area contributed by atoms with Crippen LogP contribution in [0, 0.1) is 5.92 Å². The number of H-pyrrole nitrogens is 1. The van der Waals surface area contributed by atoms with Gasteiger partial charge in [0.1, 0.15) is 0 Å². The van der Waals surface area contributed by atoms with Crippen LogP contribution in [0.3, 0.4) is 0 Å². The van der Waals surface area contributed by atoms with E-state index in [9.17, 15) is 9.59 Å². The van der Waals surface area contributed by atoms with E-state index in [0.29, 0.717) is 13.0 Å². The van der Waals surface area contributed by atoms with Crippen molar-refractivity contribution in [1.82, 2.24) is 20.0 Å². The number of aryl methyl sites for hydroxylation is 1. The number of amides is 1. The number of hydrogen-bond donors (Lipinski definition) is 2. The highest BCUT2D eigenvalue weighted by atomic mass is 16.2. The van der Waals surface area contributed by atoms with Crippen LogP contribution in [0.4, 0.5) is 0 Å². The lowest BCUT2D eigenvalue weighted by Crippen LogP contribution is -2.35. The van der Waals surface area contributed by atoms with E-state index in [1.54, 1.807) is 4.68 Å². The molecular weight excluding hydrogens is 412 g/mol. The first-order valence-electron chi connectivity index (χ1n) is 12.1. The first-order valence-corrected chi connectivity index (χ1v) is 12.1. The number of carbonyl (C=O) groups excluding carboxylic acids is 1. The Labute approximate surface area is 194 Å². The fourth-order valence-electron chi connectivity index (χ4n) is 5.19. The van der Waals surface area contributed by atoms with Gasteiger partial charge in [0.05, 0.1) is 5.69 Å². The summed E-state index contributed by atoms with van der Waals surface area (Å²) in [6, 6.07) is 18.3. The Morgan fingerprint density at radius 3 is 2.58 bits per heavy atom. The van der Waals surface area contributed by atoms with E-state index >= 15 is 0 Å². The van der Waals surface area contributed by atoms with Gasteiger partial charge in [-0.05, 0) is 61.8 Å². The fraction of sp³-hybridized carbons (Fsp3) is 0.407. The smallest absolute Gasteiger partial charge is 0.274 e. The molecule has 2 N–H and O–H groups in total. The second-order valence-electron chi connectivity index (χ2n) is 9.26.